The van der Waals surface area contributed by atoms with Crippen molar-refractivity contribution in [3.05, 3.63) is 11.6 Å². The molecule has 0 bridgehead atoms. The van der Waals surface area contributed by atoms with E-state index < -0.39 is 0 Å². The van der Waals surface area contributed by atoms with Crippen LogP contribution in [0, 0.1) is 5.92 Å². The molecule has 0 aromatic heterocycles. The van der Waals surface area contributed by atoms with Crippen LogP contribution in [-0.4, -0.2) is 20.7 Å². The van der Waals surface area contributed by atoms with Gasteiger partial charge in [-0.15, -0.1) is 0 Å². The number of carbonyl (C=O) groups excluding carboxylic acids is 2. The van der Waals surface area contributed by atoms with E-state index in [-0.39, 0.29) is 16.1 Å². The van der Waals surface area contributed by atoms with E-state index in [4.69, 9.17) is 0 Å². The molecule has 102 valence electrons. The van der Waals surface area contributed by atoms with Gasteiger partial charge in [0.05, 0.1) is 0 Å². The number of hydrogen-bond donors (Lipinski definition) is 0. The Balaban J connectivity index is 2.54. The van der Waals surface area contributed by atoms with Crippen LogP contribution in [0.5, 0.6) is 0 Å². The predicted molar refractivity (Wildman–Crippen MR) is 80.9 cm³/mol. The summed E-state index contributed by atoms with van der Waals surface area (Å²) >= 11 is 2.76. The molecular formula is C14H22O2S2. The van der Waals surface area contributed by atoms with E-state index in [1.165, 1.54) is 23.5 Å². The topological polar surface area (TPSA) is 34.1 Å². The Hall–Kier alpha value is -0.220. The smallest absolute Gasteiger partial charge is 0.215 e. The Kier molecular flexibility index (Phi) is 6.50. The van der Waals surface area contributed by atoms with Crippen LogP contribution in [0.2, 0.25) is 0 Å². The van der Waals surface area contributed by atoms with Gasteiger partial charge in [-0.05, 0) is 18.8 Å². The second kappa shape index (κ2) is 7.39. The fourth-order valence-corrected chi connectivity index (χ4v) is 3.66. The second-order valence-electron chi connectivity index (χ2n) is 5.13. The third kappa shape index (κ3) is 5.19. The van der Waals surface area contributed by atoms with Crippen LogP contribution >= 0.6 is 23.5 Å². The minimum Gasteiger partial charge on any atom is -0.287 e. The van der Waals surface area contributed by atoms with Crippen LogP contribution < -0.4 is 0 Å². The normalized spacial score (nSPS) is 19.4. The van der Waals surface area contributed by atoms with Crippen molar-refractivity contribution >= 4 is 33.8 Å². The summed E-state index contributed by atoms with van der Waals surface area (Å²) in [7, 11) is 0. The minimum absolute atomic E-state index is 0.155. The molecule has 1 rings (SSSR count). The molecule has 0 radical (unpaired) electrons. The molecule has 1 atom stereocenters. The van der Waals surface area contributed by atoms with E-state index >= 15 is 0 Å². The maximum absolute atomic E-state index is 12.0. The van der Waals surface area contributed by atoms with Crippen LogP contribution in [0.25, 0.3) is 0 Å². The Bertz CT molecular complexity index is 346. The second-order valence-corrected chi connectivity index (χ2v) is 8.31. The summed E-state index contributed by atoms with van der Waals surface area (Å²) in [6.45, 7) is 8.08. The van der Waals surface area contributed by atoms with Gasteiger partial charge in [-0.3, -0.25) is 9.59 Å². The Labute approximate surface area is 118 Å². The first-order valence-electron chi connectivity index (χ1n) is 6.50. The summed E-state index contributed by atoms with van der Waals surface area (Å²) in [5.41, 5.74) is 0.881. The Morgan fingerprint density at radius 2 is 1.83 bits per heavy atom. The lowest BCUT2D eigenvalue weighted by Gasteiger charge is -2.14. The maximum Gasteiger partial charge on any atom is 0.215 e. The molecule has 0 heterocycles. The zero-order valence-electron chi connectivity index (χ0n) is 11.6. The molecule has 0 amide bonds. The molecule has 1 unspecified atom stereocenters. The van der Waals surface area contributed by atoms with Crippen LogP contribution in [0.15, 0.2) is 11.6 Å². The molecule has 18 heavy (non-hydrogen) atoms. The lowest BCUT2D eigenvalue weighted by Crippen LogP contribution is -2.13. The highest BCUT2D eigenvalue weighted by Crippen LogP contribution is 2.34. The van der Waals surface area contributed by atoms with Crippen molar-refractivity contribution in [1.29, 1.82) is 0 Å². The molecule has 0 fully saturated rings. The fraction of sp³-hybridized carbons (Fsp3) is 0.714. The summed E-state index contributed by atoms with van der Waals surface area (Å²) < 4.78 is 0. The summed E-state index contributed by atoms with van der Waals surface area (Å²) in [6.07, 6.45) is 4.42. The molecule has 2 nitrogen and oxygen atoms in total. The molecule has 1 aliphatic carbocycles. The van der Waals surface area contributed by atoms with Gasteiger partial charge in [0, 0.05) is 22.5 Å². The molecule has 0 aromatic carbocycles. The molecule has 0 N–H and O–H groups in total. The third-order valence-corrected chi connectivity index (χ3v) is 4.50. The van der Waals surface area contributed by atoms with Crippen molar-refractivity contribution in [3.8, 4) is 0 Å². The van der Waals surface area contributed by atoms with E-state index in [9.17, 15) is 9.59 Å². The fourth-order valence-electron chi connectivity index (χ4n) is 2.02. The molecule has 0 aromatic rings. The third-order valence-electron chi connectivity index (χ3n) is 2.68. The van der Waals surface area contributed by atoms with Gasteiger partial charge in [-0.1, -0.05) is 57.3 Å². The zero-order chi connectivity index (χ0) is 13.7. The lowest BCUT2D eigenvalue weighted by molar-refractivity contribution is -0.111. The number of hydrogen-bond acceptors (Lipinski definition) is 4. The molecule has 0 aliphatic heterocycles. The lowest BCUT2D eigenvalue weighted by atomic mass is 9.99. The molecule has 4 heteroatoms. The van der Waals surface area contributed by atoms with Crippen LogP contribution in [0.4, 0.5) is 0 Å². The number of carbonyl (C=O) groups is 2. The van der Waals surface area contributed by atoms with Crippen LogP contribution in [0.1, 0.15) is 47.0 Å². The highest BCUT2D eigenvalue weighted by molar-refractivity contribution is 8.14. The Morgan fingerprint density at radius 3 is 2.39 bits per heavy atom. The van der Waals surface area contributed by atoms with Crippen molar-refractivity contribution < 1.29 is 9.59 Å². The predicted octanol–water partition coefficient (Wildman–Crippen LogP) is 4.05. The van der Waals surface area contributed by atoms with Crippen molar-refractivity contribution in [2.75, 3.05) is 0 Å². The summed E-state index contributed by atoms with van der Waals surface area (Å²) in [5, 5.41) is 1.01. The summed E-state index contributed by atoms with van der Waals surface area (Å²) in [4.78, 5) is 23.9. The van der Waals surface area contributed by atoms with Crippen molar-refractivity contribution in [3.63, 3.8) is 0 Å². The summed E-state index contributed by atoms with van der Waals surface area (Å²) in [5.74, 6) is 0.155. The quantitative estimate of drug-likeness (QED) is 0.763. The highest BCUT2D eigenvalue weighted by atomic mass is 32.2. The SMILES string of the molecule is CC(C)SC(=O)CC1CCC=C1C(=O)SC(C)C. The van der Waals surface area contributed by atoms with Gasteiger partial charge in [0.25, 0.3) is 0 Å². The molecule has 0 spiro atoms. The monoisotopic (exact) mass is 286 g/mol. The van der Waals surface area contributed by atoms with E-state index in [2.05, 4.69) is 0 Å². The average molecular weight is 286 g/mol. The molecular weight excluding hydrogens is 264 g/mol. The first-order valence-corrected chi connectivity index (χ1v) is 8.26. The van der Waals surface area contributed by atoms with Crippen LogP contribution in [-0.2, 0) is 9.59 Å². The molecule has 0 saturated heterocycles. The van der Waals surface area contributed by atoms with Gasteiger partial charge in [0.15, 0.2) is 5.12 Å². The average Bonchev–Trinajstić information content (AvgIpc) is 2.62. The van der Waals surface area contributed by atoms with E-state index in [1.54, 1.807) is 0 Å². The maximum atomic E-state index is 12.0. The highest BCUT2D eigenvalue weighted by Gasteiger charge is 2.27. The Morgan fingerprint density at radius 1 is 1.22 bits per heavy atom. The van der Waals surface area contributed by atoms with Gasteiger partial charge in [-0.25, -0.2) is 0 Å². The van der Waals surface area contributed by atoms with Gasteiger partial charge in [-0.2, -0.15) is 0 Å². The molecule has 0 saturated carbocycles. The largest absolute Gasteiger partial charge is 0.287 e. The van der Waals surface area contributed by atoms with Gasteiger partial charge in [0.2, 0.25) is 5.12 Å². The number of thioether (sulfide) groups is 2. The van der Waals surface area contributed by atoms with Crippen molar-refractivity contribution in [2.24, 2.45) is 5.92 Å². The summed E-state index contributed by atoms with van der Waals surface area (Å²) in [6, 6.07) is 0. The van der Waals surface area contributed by atoms with Crippen LogP contribution in [0.3, 0.4) is 0 Å². The zero-order valence-corrected chi connectivity index (χ0v) is 13.2. The first-order chi connectivity index (χ1) is 8.40. The van der Waals surface area contributed by atoms with E-state index in [0.717, 1.165) is 18.4 Å². The van der Waals surface area contributed by atoms with Crippen molar-refractivity contribution in [2.45, 2.75) is 57.5 Å². The van der Waals surface area contributed by atoms with Gasteiger partial charge >= 0.3 is 0 Å². The van der Waals surface area contributed by atoms with E-state index in [1.807, 2.05) is 33.8 Å². The first kappa shape index (κ1) is 15.8. The minimum atomic E-state index is 0.155. The number of rotatable bonds is 5. The van der Waals surface area contributed by atoms with Gasteiger partial charge < -0.3 is 0 Å². The molecule has 1 aliphatic rings. The van der Waals surface area contributed by atoms with Gasteiger partial charge in [0.1, 0.15) is 0 Å². The standard InChI is InChI=1S/C14H22O2S2/c1-9(2)17-13(15)8-11-6-5-7-12(11)14(16)18-10(3)4/h7,9-11H,5-6,8H2,1-4H3. The number of allylic oxidation sites excluding steroid dienone is 1. The van der Waals surface area contributed by atoms with E-state index in [0.29, 0.717) is 16.9 Å². The van der Waals surface area contributed by atoms with Crippen molar-refractivity contribution in [1.82, 2.24) is 0 Å².